The largest absolute Gasteiger partial charge is 0.376 e. The minimum atomic E-state index is 0.618. The van der Waals surface area contributed by atoms with E-state index in [1.165, 1.54) is 24.0 Å². The van der Waals surface area contributed by atoms with E-state index in [1.807, 2.05) is 18.2 Å². The van der Waals surface area contributed by atoms with Crippen LogP contribution in [0.15, 0.2) is 42.0 Å². The zero-order valence-electron chi connectivity index (χ0n) is 12.1. The summed E-state index contributed by atoms with van der Waals surface area (Å²) in [6.45, 7) is 5.97. The summed E-state index contributed by atoms with van der Waals surface area (Å²) >= 11 is 5.67. The lowest BCUT2D eigenvalue weighted by Crippen LogP contribution is -2.06. The first-order valence-corrected chi connectivity index (χ1v) is 7.59. The van der Waals surface area contributed by atoms with Crippen molar-refractivity contribution in [1.82, 2.24) is 0 Å². The Balaban J connectivity index is 2.08. The van der Waals surface area contributed by atoms with Crippen LogP contribution in [0.2, 0.25) is 0 Å². The van der Waals surface area contributed by atoms with Gasteiger partial charge in [-0.25, -0.2) is 0 Å². The molecule has 0 saturated heterocycles. The molecule has 2 heteroatoms. The molecular weight excluding hydrogens is 256 g/mol. The lowest BCUT2D eigenvalue weighted by molar-refractivity contribution is 0.0890. The number of rotatable bonds is 9. The number of benzene rings is 1. The number of hydrogen-bond acceptors (Lipinski definition) is 1. The lowest BCUT2D eigenvalue weighted by atomic mass is 10.0. The van der Waals surface area contributed by atoms with Crippen molar-refractivity contribution in [2.24, 2.45) is 5.92 Å². The van der Waals surface area contributed by atoms with Gasteiger partial charge in [-0.3, -0.25) is 0 Å². The quantitative estimate of drug-likeness (QED) is 0.446. The highest BCUT2D eigenvalue weighted by Gasteiger charge is 2.03. The smallest absolute Gasteiger partial charge is 0.0717 e. The second-order valence-electron chi connectivity index (χ2n) is 5.20. The number of halogens is 1. The first-order chi connectivity index (χ1) is 9.22. The summed E-state index contributed by atoms with van der Waals surface area (Å²) in [4.78, 5) is 0. The Kier molecular flexibility index (Phi) is 8.61. The third-order valence-corrected chi connectivity index (χ3v) is 3.36. The SMILES string of the molecule is CC(=CCCl)CCCC(C)COCc1ccccc1. The predicted octanol–water partition coefficient (Wildman–Crippen LogP) is 5.19. The Hall–Kier alpha value is -0.790. The van der Waals surface area contributed by atoms with Gasteiger partial charge in [0.2, 0.25) is 0 Å². The summed E-state index contributed by atoms with van der Waals surface area (Å²) in [5.41, 5.74) is 2.64. The second kappa shape index (κ2) is 10.1. The van der Waals surface area contributed by atoms with Gasteiger partial charge in [0.25, 0.3) is 0 Å². The van der Waals surface area contributed by atoms with Crippen molar-refractivity contribution in [2.75, 3.05) is 12.5 Å². The van der Waals surface area contributed by atoms with Gasteiger partial charge in [0.1, 0.15) is 0 Å². The van der Waals surface area contributed by atoms with Crippen molar-refractivity contribution in [3.8, 4) is 0 Å². The van der Waals surface area contributed by atoms with Crippen LogP contribution in [-0.2, 0) is 11.3 Å². The van der Waals surface area contributed by atoms with Crippen LogP contribution in [0.25, 0.3) is 0 Å². The molecule has 0 N–H and O–H groups in total. The van der Waals surface area contributed by atoms with Gasteiger partial charge in [-0.05, 0) is 37.7 Å². The van der Waals surface area contributed by atoms with E-state index in [0.29, 0.717) is 11.8 Å². The van der Waals surface area contributed by atoms with Crippen LogP contribution in [0.5, 0.6) is 0 Å². The van der Waals surface area contributed by atoms with Crippen molar-refractivity contribution < 1.29 is 4.74 Å². The monoisotopic (exact) mass is 280 g/mol. The fourth-order valence-corrected chi connectivity index (χ4v) is 2.26. The maximum Gasteiger partial charge on any atom is 0.0717 e. The zero-order valence-corrected chi connectivity index (χ0v) is 12.8. The minimum absolute atomic E-state index is 0.618. The Labute approximate surface area is 122 Å². The summed E-state index contributed by atoms with van der Waals surface area (Å²) in [5, 5.41) is 0. The number of allylic oxidation sites excluding steroid dienone is 2. The van der Waals surface area contributed by atoms with Gasteiger partial charge < -0.3 is 4.74 Å². The number of alkyl halides is 1. The summed E-state index contributed by atoms with van der Waals surface area (Å²) < 4.78 is 5.75. The topological polar surface area (TPSA) is 9.23 Å². The van der Waals surface area contributed by atoms with Crippen LogP contribution in [0, 0.1) is 5.92 Å². The van der Waals surface area contributed by atoms with Crippen LogP contribution in [0.4, 0.5) is 0 Å². The van der Waals surface area contributed by atoms with E-state index in [9.17, 15) is 0 Å². The summed E-state index contributed by atoms with van der Waals surface area (Å²) in [7, 11) is 0. The molecule has 19 heavy (non-hydrogen) atoms. The fourth-order valence-electron chi connectivity index (χ4n) is 2.00. The number of hydrogen-bond donors (Lipinski definition) is 0. The first kappa shape index (κ1) is 16.3. The number of ether oxygens (including phenoxy) is 1. The summed E-state index contributed by atoms with van der Waals surface area (Å²) in [5.74, 6) is 1.24. The highest BCUT2D eigenvalue weighted by Crippen LogP contribution is 2.13. The molecule has 0 fully saturated rings. The van der Waals surface area contributed by atoms with E-state index in [2.05, 4.69) is 32.1 Å². The first-order valence-electron chi connectivity index (χ1n) is 7.05. The van der Waals surface area contributed by atoms with Crippen LogP contribution in [0.1, 0.15) is 38.7 Å². The molecule has 0 amide bonds. The van der Waals surface area contributed by atoms with Crippen molar-refractivity contribution in [3.63, 3.8) is 0 Å². The third kappa shape index (κ3) is 8.07. The minimum Gasteiger partial charge on any atom is -0.376 e. The molecule has 1 unspecified atom stereocenters. The summed E-state index contributed by atoms with van der Waals surface area (Å²) in [6.07, 6.45) is 5.67. The lowest BCUT2D eigenvalue weighted by Gasteiger charge is -2.12. The molecule has 0 aliphatic carbocycles. The summed E-state index contributed by atoms with van der Waals surface area (Å²) in [6, 6.07) is 10.3. The van der Waals surface area contributed by atoms with Crippen molar-refractivity contribution >= 4 is 11.6 Å². The van der Waals surface area contributed by atoms with Crippen molar-refractivity contribution in [1.29, 1.82) is 0 Å². The third-order valence-electron chi connectivity index (χ3n) is 3.21. The van der Waals surface area contributed by atoms with Gasteiger partial charge in [-0.1, -0.05) is 48.9 Å². The van der Waals surface area contributed by atoms with E-state index in [-0.39, 0.29) is 0 Å². The van der Waals surface area contributed by atoms with Crippen molar-refractivity contribution in [3.05, 3.63) is 47.5 Å². The van der Waals surface area contributed by atoms with Crippen LogP contribution in [-0.4, -0.2) is 12.5 Å². The van der Waals surface area contributed by atoms with Gasteiger partial charge in [0.15, 0.2) is 0 Å². The van der Waals surface area contributed by atoms with Gasteiger partial charge in [0.05, 0.1) is 6.61 Å². The van der Waals surface area contributed by atoms with E-state index in [0.717, 1.165) is 19.6 Å². The van der Waals surface area contributed by atoms with Crippen LogP contribution < -0.4 is 0 Å². The van der Waals surface area contributed by atoms with Crippen molar-refractivity contribution in [2.45, 2.75) is 39.7 Å². The van der Waals surface area contributed by atoms with Crippen LogP contribution in [0.3, 0.4) is 0 Å². The molecule has 0 saturated carbocycles. The molecule has 1 aromatic rings. The molecule has 0 spiro atoms. The Morgan fingerprint density at radius 1 is 1.32 bits per heavy atom. The normalized spacial score (nSPS) is 13.5. The van der Waals surface area contributed by atoms with Gasteiger partial charge >= 0.3 is 0 Å². The van der Waals surface area contributed by atoms with Crippen LogP contribution >= 0.6 is 11.6 Å². The van der Waals surface area contributed by atoms with E-state index < -0.39 is 0 Å². The molecule has 0 aromatic heterocycles. The highest BCUT2D eigenvalue weighted by atomic mass is 35.5. The average Bonchev–Trinajstić information content (AvgIpc) is 2.40. The van der Waals surface area contributed by atoms with E-state index >= 15 is 0 Å². The molecule has 0 heterocycles. The molecule has 0 bridgehead atoms. The predicted molar refractivity (Wildman–Crippen MR) is 83.6 cm³/mol. The molecular formula is C17H25ClO. The molecule has 0 aliphatic heterocycles. The molecule has 1 nitrogen and oxygen atoms in total. The maximum atomic E-state index is 5.75. The molecule has 1 aromatic carbocycles. The zero-order chi connectivity index (χ0) is 13.9. The fraction of sp³-hybridized carbons (Fsp3) is 0.529. The van der Waals surface area contributed by atoms with E-state index in [1.54, 1.807) is 0 Å². The Morgan fingerprint density at radius 3 is 2.74 bits per heavy atom. The maximum absolute atomic E-state index is 5.75. The Bertz CT molecular complexity index is 359. The Morgan fingerprint density at radius 2 is 2.05 bits per heavy atom. The van der Waals surface area contributed by atoms with Gasteiger partial charge in [-0.15, -0.1) is 11.6 Å². The molecule has 1 rings (SSSR count). The standard InChI is InChI=1S/C17H25ClO/c1-15(11-12-18)7-6-8-16(2)13-19-14-17-9-4-3-5-10-17/h3-5,9-11,16H,6-8,12-14H2,1-2H3. The van der Waals surface area contributed by atoms with Gasteiger partial charge in [0, 0.05) is 12.5 Å². The van der Waals surface area contributed by atoms with E-state index in [4.69, 9.17) is 16.3 Å². The average molecular weight is 281 g/mol. The van der Waals surface area contributed by atoms with Gasteiger partial charge in [-0.2, -0.15) is 0 Å². The highest BCUT2D eigenvalue weighted by molar-refractivity contribution is 6.18. The molecule has 0 radical (unpaired) electrons. The molecule has 106 valence electrons. The second-order valence-corrected chi connectivity index (χ2v) is 5.51. The molecule has 0 aliphatic rings. The molecule has 1 atom stereocenters.